The molecule has 29 heavy (non-hydrogen) atoms. The van der Waals surface area contributed by atoms with Gasteiger partial charge in [-0.3, -0.25) is 0 Å². The van der Waals surface area contributed by atoms with Crippen LogP contribution in [0.2, 0.25) is 0 Å². The Labute approximate surface area is 182 Å². The summed E-state index contributed by atoms with van der Waals surface area (Å²) in [6.07, 6.45) is 21.9. The first kappa shape index (κ1) is 20.9. The summed E-state index contributed by atoms with van der Waals surface area (Å²) in [6.45, 7) is 10.4. The van der Waals surface area contributed by atoms with Crippen molar-refractivity contribution >= 4 is 0 Å². The van der Waals surface area contributed by atoms with E-state index >= 15 is 0 Å². The van der Waals surface area contributed by atoms with Gasteiger partial charge < -0.3 is 0 Å². The Morgan fingerprint density at radius 2 is 0.793 bits per heavy atom. The third kappa shape index (κ3) is 3.86. The van der Waals surface area contributed by atoms with Crippen LogP contribution >= 0.6 is 0 Å². The Bertz CT molecular complexity index is 496. The van der Waals surface area contributed by atoms with Gasteiger partial charge in [-0.05, 0) is 129 Å². The van der Waals surface area contributed by atoms with E-state index in [0.717, 1.165) is 59.2 Å². The summed E-state index contributed by atoms with van der Waals surface area (Å²) in [7, 11) is 0. The summed E-state index contributed by atoms with van der Waals surface area (Å²) in [5.74, 6) is 10.7. The van der Waals surface area contributed by atoms with Gasteiger partial charge in [-0.2, -0.15) is 0 Å². The average molecular weight is 399 g/mol. The first-order valence-electron chi connectivity index (χ1n) is 13.9. The molecule has 0 aromatic heterocycles. The summed E-state index contributed by atoms with van der Waals surface area (Å²) in [5.41, 5.74) is 0.622. The van der Waals surface area contributed by atoms with Gasteiger partial charge >= 0.3 is 0 Å². The zero-order chi connectivity index (χ0) is 20.2. The molecule has 6 atom stereocenters. The molecule has 5 aliphatic rings. The lowest BCUT2D eigenvalue weighted by atomic mass is 9.61. The van der Waals surface area contributed by atoms with Gasteiger partial charge in [0.25, 0.3) is 0 Å². The van der Waals surface area contributed by atoms with Crippen LogP contribution in [-0.4, -0.2) is 0 Å². The van der Waals surface area contributed by atoms with Gasteiger partial charge in [0.2, 0.25) is 0 Å². The number of fused-ring (bicyclic) bond motifs is 3. The molecule has 0 heteroatoms. The SMILES string of the molecule is CC1CCC(C2CCC3C4CCC(C5CCC(C)CC5)CC4C(C)(C)C3C2)CC1. The molecule has 0 amide bonds. The molecule has 6 unspecified atom stereocenters. The van der Waals surface area contributed by atoms with E-state index in [4.69, 9.17) is 0 Å². The van der Waals surface area contributed by atoms with Crippen molar-refractivity contribution in [3.63, 3.8) is 0 Å². The highest BCUT2D eigenvalue weighted by atomic mass is 14.6. The molecule has 5 aliphatic carbocycles. The molecule has 0 heterocycles. The maximum atomic E-state index is 2.73. The average Bonchev–Trinajstić information content (AvgIpc) is 2.96. The van der Waals surface area contributed by atoms with Crippen LogP contribution in [0.25, 0.3) is 0 Å². The Morgan fingerprint density at radius 3 is 1.17 bits per heavy atom. The van der Waals surface area contributed by atoms with Gasteiger partial charge in [-0.15, -0.1) is 0 Å². The third-order valence-electron chi connectivity index (χ3n) is 11.8. The Kier molecular flexibility index (Phi) is 5.88. The van der Waals surface area contributed by atoms with E-state index in [2.05, 4.69) is 27.7 Å². The van der Waals surface area contributed by atoms with Crippen molar-refractivity contribution in [1.29, 1.82) is 0 Å². The predicted octanol–water partition coefficient (Wildman–Crippen LogP) is 8.74. The Hall–Kier alpha value is 0. The topological polar surface area (TPSA) is 0 Å². The largest absolute Gasteiger partial charge is 0.0625 e. The van der Waals surface area contributed by atoms with E-state index < -0.39 is 0 Å². The molecular weight excluding hydrogens is 348 g/mol. The minimum Gasteiger partial charge on any atom is -0.0625 e. The highest BCUT2D eigenvalue weighted by Gasteiger charge is 2.58. The molecule has 5 saturated carbocycles. The Balaban J connectivity index is 1.25. The van der Waals surface area contributed by atoms with Crippen LogP contribution in [0.15, 0.2) is 0 Å². The van der Waals surface area contributed by atoms with Crippen molar-refractivity contribution in [2.75, 3.05) is 0 Å². The predicted molar refractivity (Wildman–Crippen MR) is 125 cm³/mol. The fraction of sp³-hybridized carbons (Fsp3) is 1.00. The third-order valence-corrected chi connectivity index (χ3v) is 11.8. The number of hydrogen-bond acceptors (Lipinski definition) is 0. The van der Waals surface area contributed by atoms with E-state index in [1.165, 1.54) is 25.7 Å². The summed E-state index contributed by atoms with van der Waals surface area (Å²) < 4.78 is 0. The van der Waals surface area contributed by atoms with E-state index in [1.807, 2.05) is 0 Å². The normalized spacial score (nSPS) is 52.6. The Morgan fingerprint density at radius 1 is 0.448 bits per heavy atom. The van der Waals surface area contributed by atoms with Crippen LogP contribution < -0.4 is 0 Å². The first-order chi connectivity index (χ1) is 13.9. The van der Waals surface area contributed by atoms with Gasteiger partial charge in [0.15, 0.2) is 0 Å². The van der Waals surface area contributed by atoms with E-state index in [0.29, 0.717) is 5.41 Å². The zero-order valence-electron chi connectivity index (χ0n) is 20.2. The molecule has 5 rings (SSSR count). The number of rotatable bonds is 2. The van der Waals surface area contributed by atoms with E-state index in [1.54, 1.807) is 64.2 Å². The molecule has 0 bridgehead atoms. The molecule has 0 saturated heterocycles. The minimum absolute atomic E-state index is 0.622. The fourth-order valence-electron chi connectivity index (χ4n) is 9.83. The van der Waals surface area contributed by atoms with Gasteiger partial charge in [0, 0.05) is 0 Å². The molecule has 166 valence electrons. The van der Waals surface area contributed by atoms with Crippen molar-refractivity contribution in [1.82, 2.24) is 0 Å². The van der Waals surface area contributed by atoms with Crippen LogP contribution in [0.5, 0.6) is 0 Å². The first-order valence-corrected chi connectivity index (χ1v) is 13.9. The lowest BCUT2D eigenvalue weighted by Crippen LogP contribution is -2.35. The maximum Gasteiger partial charge on any atom is -0.0292 e. The highest BCUT2D eigenvalue weighted by molar-refractivity contribution is 5.07. The van der Waals surface area contributed by atoms with Gasteiger partial charge in [-0.1, -0.05) is 53.4 Å². The molecule has 0 aromatic rings. The monoisotopic (exact) mass is 398 g/mol. The van der Waals surface area contributed by atoms with E-state index in [-0.39, 0.29) is 0 Å². The van der Waals surface area contributed by atoms with Crippen molar-refractivity contribution in [2.45, 2.75) is 118 Å². The lowest BCUT2D eigenvalue weighted by Gasteiger charge is -2.44. The van der Waals surface area contributed by atoms with Crippen LogP contribution in [-0.2, 0) is 0 Å². The molecule has 0 N–H and O–H groups in total. The standard InChI is InChI=1S/C29H50/c1-19-5-9-21(10-6-19)23-13-15-25-26-16-14-24(22-11-7-20(2)8-12-22)18-28(26)29(3,4)27(25)17-23/h19-28H,5-18H2,1-4H3. The maximum absolute atomic E-state index is 2.73. The summed E-state index contributed by atoms with van der Waals surface area (Å²) >= 11 is 0. The lowest BCUT2D eigenvalue weighted by molar-refractivity contribution is 0.0550. The quantitative estimate of drug-likeness (QED) is 0.436. The molecule has 0 nitrogen and oxygen atoms in total. The smallest absolute Gasteiger partial charge is 0.0292 e. The van der Waals surface area contributed by atoms with Gasteiger partial charge in [0.1, 0.15) is 0 Å². The molecule has 0 spiro atoms. The highest BCUT2D eigenvalue weighted by Crippen LogP contribution is 2.66. The van der Waals surface area contributed by atoms with Crippen LogP contribution in [0.3, 0.4) is 0 Å². The van der Waals surface area contributed by atoms with Crippen LogP contribution in [0.1, 0.15) is 118 Å². The summed E-state index contributed by atoms with van der Waals surface area (Å²) in [6, 6.07) is 0. The van der Waals surface area contributed by atoms with Crippen molar-refractivity contribution in [3.05, 3.63) is 0 Å². The van der Waals surface area contributed by atoms with Gasteiger partial charge in [-0.25, -0.2) is 0 Å². The second-order valence-corrected chi connectivity index (χ2v) is 13.5. The van der Waals surface area contributed by atoms with Crippen LogP contribution in [0, 0.1) is 64.6 Å². The zero-order valence-corrected chi connectivity index (χ0v) is 20.2. The fourth-order valence-corrected chi connectivity index (χ4v) is 9.83. The molecular formula is C29H50. The van der Waals surface area contributed by atoms with Crippen molar-refractivity contribution in [2.24, 2.45) is 64.6 Å². The van der Waals surface area contributed by atoms with Crippen LogP contribution in [0.4, 0.5) is 0 Å². The molecule has 0 aromatic carbocycles. The minimum atomic E-state index is 0.622. The summed E-state index contributed by atoms with van der Waals surface area (Å²) in [4.78, 5) is 0. The van der Waals surface area contributed by atoms with Gasteiger partial charge in [0.05, 0.1) is 0 Å². The number of hydrogen-bond donors (Lipinski definition) is 0. The molecule has 5 fully saturated rings. The van der Waals surface area contributed by atoms with Crippen molar-refractivity contribution < 1.29 is 0 Å². The second kappa shape index (κ2) is 8.16. The van der Waals surface area contributed by atoms with Crippen molar-refractivity contribution in [3.8, 4) is 0 Å². The van der Waals surface area contributed by atoms with E-state index in [9.17, 15) is 0 Å². The molecule has 0 aliphatic heterocycles. The summed E-state index contributed by atoms with van der Waals surface area (Å²) in [5, 5.41) is 0. The second-order valence-electron chi connectivity index (χ2n) is 13.5. The molecule has 0 radical (unpaired) electrons.